The first-order valence-electron chi connectivity index (χ1n) is 20.1. The van der Waals surface area contributed by atoms with Crippen LogP contribution in [-0.2, 0) is 4.74 Å². The van der Waals surface area contributed by atoms with Crippen molar-refractivity contribution in [2.45, 2.75) is 203 Å². The second kappa shape index (κ2) is 13.3. The molecule has 0 bridgehead atoms. The highest BCUT2D eigenvalue weighted by Gasteiger charge is 2.66. The van der Waals surface area contributed by atoms with Gasteiger partial charge in [0.25, 0.3) is 0 Å². The standard InChI is InChI=1S/C43H76O/c1-10-11-12-13-14-15-16-17-18-19-20-31-44-37-24-28-41(7)33(39(37,4)5)22-26-42(8)34-21-25-40(6)30-29-38(2,3)32-36(40)43(34,9)27-23-35(41)42/h21,33,35-37H,10-20,22-32H2,1-9H3. The highest BCUT2D eigenvalue weighted by molar-refractivity contribution is 5.34. The second-order valence-corrected chi connectivity index (χ2v) is 19.7. The molecule has 5 aliphatic carbocycles. The summed E-state index contributed by atoms with van der Waals surface area (Å²) in [6, 6.07) is 0. The molecule has 0 aromatic carbocycles. The molecule has 254 valence electrons. The Hall–Kier alpha value is -0.300. The lowest BCUT2D eigenvalue weighted by molar-refractivity contribution is -0.195. The van der Waals surface area contributed by atoms with Crippen molar-refractivity contribution in [3.05, 3.63) is 11.6 Å². The lowest BCUT2D eigenvalue weighted by atomic mass is 9.34. The first-order valence-corrected chi connectivity index (χ1v) is 20.1. The van der Waals surface area contributed by atoms with Gasteiger partial charge in [0.05, 0.1) is 6.10 Å². The molecule has 1 nitrogen and oxygen atoms in total. The predicted molar refractivity (Wildman–Crippen MR) is 191 cm³/mol. The SMILES string of the molecule is CCCCCCCCCCCCCOC1CCC2(C)C3CCC4(C)C(=CCC5(C)CCC(C)(C)CC54)C3(C)CCC2C1(C)C. The number of hydrogen-bond acceptors (Lipinski definition) is 1. The van der Waals surface area contributed by atoms with E-state index in [9.17, 15) is 0 Å². The summed E-state index contributed by atoms with van der Waals surface area (Å²) < 4.78 is 6.82. The summed E-state index contributed by atoms with van der Waals surface area (Å²) in [5, 5.41) is 0. The van der Waals surface area contributed by atoms with Gasteiger partial charge in [-0.2, -0.15) is 0 Å². The zero-order valence-electron chi connectivity index (χ0n) is 31.4. The van der Waals surface area contributed by atoms with Gasteiger partial charge in [0.15, 0.2) is 0 Å². The molecule has 5 aliphatic rings. The lowest BCUT2D eigenvalue weighted by Crippen LogP contribution is -2.63. The summed E-state index contributed by atoms with van der Waals surface area (Å²) >= 11 is 0. The summed E-state index contributed by atoms with van der Waals surface area (Å²) in [4.78, 5) is 0. The lowest BCUT2D eigenvalue weighted by Gasteiger charge is -2.70. The van der Waals surface area contributed by atoms with Crippen LogP contribution in [0.3, 0.4) is 0 Å². The normalized spacial score (nSPS) is 42.4. The van der Waals surface area contributed by atoms with Gasteiger partial charge in [-0.15, -0.1) is 0 Å². The van der Waals surface area contributed by atoms with E-state index in [0.29, 0.717) is 33.2 Å². The summed E-state index contributed by atoms with van der Waals surface area (Å²) in [5.41, 5.74) is 4.47. The Labute approximate surface area is 275 Å². The van der Waals surface area contributed by atoms with E-state index in [1.807, 2.05) is 5.57 Å². The van der Waals surface area contributed by atoms with Crippen molar-refractivity contribution in [1.82, 2.24) is 0 Å². The maximum Gasteiger partial charge on any atom is 0.0629 e. The number of hydrogen-bond donors (Lipinski definition) is 0. The van der Waals surface area contributed by atoms with Gasteiger partial charge in [0.2, 0.25) is 0 Å². The van der Waals surface area contributed by atoms with Crippen LogP contribution in [0, 0.1) is 50.2 Å². The van der Waals surface area contributed by atoms with Crippen LogP contribution in [0.5, 0.6) is 0 Å². The molecule has 0 saturated heterocycles. The molecule has 44 heavy (non-hydrogen) atoms. The summed E-state index contributed by atoms with van der Waals surface area (Å²) in [6.45, 7) is 24.5. The van der Waals surface area contributed by atoms with Crippen molar-refractivity contribution in [1.29, 1.82) is 0 Å². The van der Waals surface area contributed by atoms with Crippen molar-refractivity contribution in [2.24, 2.45) is 50.2 Å². The molecule has 0 radical (unpaired) electrons. The smallest absolute Gasteiger partial charge is 0.0629 e. The summed E-state index contributed by atoms with van der Waals surface area (Å²) in [6.07, 6.45) is 32.7. The first kappa shape index (κ1) is 35.0. The van der Waals surface area contributed by atoms with Crippen molar-refractivity contribution >= 4 is 0 Å². The minimum absolute atomic E-state index is 0.278. The number of unbranched alkanes of at least 4 members (excludes halogenated alkanes) is 10. The molecule has 0 aromatic rings. The molecule has 0 heterocycles. The molecule has 0 N–H and O–H groups in total. The molecule has 0 aromatic heterocycles. The predicted octanol–water partition coefficient (Wildman–Crippen LogP) is 13.5. The molecule has 0 spiro atoms. The van der Waals surface area contributed by atoms with Crippen LogP contribution >= 0.6 is 0 Å². The zero-order chi connectivity index (χ0) is 31.9. The fourth-order valence-corrected chi connectivity index (χ4v) is 13.1. The van der Waals surface area contributed by atoms with Gasteiger partial charge in [-0.05, 0) is 121 Å². The number of rotatable bonds is 13. The quantitative estimate of drug-likeness (QED) is 0.149. The minimum atomic E-state index is 0.278. The van der Waals surface area contributed by atoms with E-state index in [1.54, 1.807) is 0 Å². The minimum Gasteiger partial charge on any atom is -0.378 e. The van der Waals surface area contributed by atoms with E-state index in [2.05, 4.69) is 68.4 Å². The van der Waals surface area contributed by atoms with E-state index in [0.717, 1.165) is 24.4 Å². The van der Waals surface area contributed by atoms with Crippen molar-refractivity contribution in [2.75, 3.05) is 6.61 Å². The van der Waals surface area contributed by atoms with Crippen LogP contribution in [0.1, 0.15) is 197 Å². The Balaban J connectivity index is 1.16. The molecule has 0 amide bonds. The van der Waals surface area contributed by atoms with Gasteiger partial charge >= 0.3 is 0 Å². The second-order valence-electron chi connectivity index (χ2n) is 19.7. The highest BCUT2D eigenvalue weighted by Crippen LogP contribution is 2.75. The van der Waals surface area contributed by atoms with Crippen LogP contribution in [0.2, 0.25) is 0 Å². The van der Waals surface area contributed by atoms with Gasteiger partial charge in [0, 0.05) is 6.61 Å². The van der Waals surface area contributed by atoms with Crippen LogP contribution in [0.15, 0.2) is 11.6 Å². The molecule has 5 rings (SSSR count). The van der Waals surface area contributed by atoms with Gasteiger partial charge in [-0.3, -0.25) is 0 Å². The molecule has 0 aliphatic heterocycles. The van der Waals surface area contributed by atoms with E-state index < -0.39 is 0 Å². The van der Waals surface area contributed by atoms with Crippen LogP contribution in [0.4, 0.5) is 0 Å². The van der Waals surface area contributed by atoms with Crippen molar-refractivity contribution in [3.8, 4) is 0 Å². The average Bonchev–Trinajstić information content (AvgIpc) is 2.95. The van der Waals surface area contributed by atoms with E-state index in [1.165, 1.54) is 135 Å². The maximum absolute atomic E-state index is 6.82. The Morgan fingerprint density at radius 2 is 1.18 bits per heavy atom. The highest BCUT2D eigenvalue weighted by atomic mass is 16.5. The van der Waals surface area contributed by atoms with Gasteiger partial charge in [-0.25, -0.2) is 0 Å². The van der Waals surface area contributed by atoms with Crippen LogP contribution in [0.25, 0.3) is 0 Å². The third-order valence-electron chi connectivity index (χ3n) is 15.7. The Kier molecular flexibility index (Phi) is 10.6. The van der Waals surface area contributed by atoms with Gasteiger partial charge in [0.1, 0.15) is 0 Å². The molecule has 4 fully saturated rings. The molecule has 8 unspecified atom stereocenters. The van der Waals surface area contributed by atoms with E-state index >= 15 is 0 Å². The topological polar surface area (TPSA) is 9.23 Å². The number of fused-ring (bicyclic) bond motifs is 7. The Morgan fingerprint density at radius 3 is 1.82 bits per heavy atom. The van der Waals surface area contributed by atoms with E-state index in [-0.39, 0.29) is 5.41 Å². The number of allylic oxidation sites excluding steroid dienone is 2. The third kappa shape index (κ3) is 6.42. The molecule has 1 heteroatoms. The fraction of sp³-hybridized carbons (Fsp3) is 0.953. The number of ether oxygens (including phenoxy) is 1. The van der Waals surface area contributed by atoms with Crippen molar-refractivity contribution in [3.63, 3.8) is 0 Å². The molecular weight excluding hydrogens is 532 g/mol. The van der Waals surface area contributed by atoms with E-state index in [4.69, 9.17) is 4.74 Å². The van der Waals surface area contributed by atoms with Crippen LogP contribution in [-0.4, -0.2) is 12.7 Å². The zero-order valence-corrected chi connectivity index (χ0v) is 31.4. The molecule has 8 atom stereocenters. The maximum atomic E-state index is 6.82. The van der Waals surface area contributed by atoms with Crippen LogP contribution < -0.4 is 0 Å². The first-order chi connectivity index (χ1) is 20.7. The Morgan fingerprint density at radius 1 is 0.614 bits per heavy atom. The monoisotopic (exact) mass is 609 g/mol. The fourth-order valence-electron chi connectivity index (χ4n) is 13.1. The van der Waals surface area contributed by atoms with Crippen molar-refractivity contribution < 1.29 is 4.74 Å². The summed E-state index contributed by atoms with van der Waals surface area (Å²) in [7, 11) is 0. The third-order valence-corrected chi connectivity index (χ3v) is 15.7. The molecule has 4 saturated carbocycles. The van der Waals surface area contributed by atoms with Gasteiger partial charge in [-0.1, -0.05) is 138 Å². The Bertz CT molecular complexity index is 989. The van der Waals surface area contributed by atoms with Gasteiger partial charge < -0.3 is 4.74 Å². The summed E-state index contributed by atoms with van der Waals surface area (Å²) in [5.74, 6) is 2.48. The largest absolute Gasteiger partial charge is 0.378 e. The molecular formula is C43H76O. The average molecular weight is 609 g/mol.